The third-order valence-electron chi connectivity index (χ3n) is 2.78. The predicted octanol–water partition coefficient (Wildman–Crippen LogP) is 2.78. The van der Waals surface area contributed by atoms with Gasteiger partial charge in [0.1, 0.15) is 5.82 Å². The molecule has 2 atom stereocenters. The molecule has 0 unspecified atom stereocenters. The summed E-state index contributed by atoms with van der Waals surface area (Å²) in [5.74, 6) is 0.537. The topological polar surface area (TPSA) is 32.6 Å². The minimum absolute atomic E-state index is 0.210. The molecule has 0 bridgehead atoms. The van der Waals surface area contributed by atoms with Gasteiger partial charge in [-0.1, -0.05) is 17.3 Å². The van der Waals surface area contributed by atoms with Crippen molar-refractivity contribution in [3.8, 4) is 0 Å². The lowest BCUT2D eigenvalue weighted by Gasteiger charge is -1.98. The van der Waals surface area contributed by atoms with Gasteiger partial charge in [0, 0.05) is 5.92 Å². The first kappa shape index (κ1) is 9.19. The summed E-state index contributed by atoms with van der Waals surface area (Å²) < 4.78 is 12.6. The Bertz CT molecular complexity index is 358. The van der Waals surface area contributed by atoms with Crippen LogP contribution in [0.4, 0.5) is 4.39 Å². The van der Waals surface area contributed by atoms with Crippen molar-refractivity contribution in [3.63, 3.8) is 0 Å². The number of hydrogen-bond acceptors (Lipinski definition) is 2. The SMILES string of the molecule is CC(=NO)[C@H]1C[C@H]1c1ccc(F)cc1. The van der Waals surface area contributed by atoms with E-state index in [4.69, 9.17) is 5.21 Å². The van der Waals surface area contributed by atoms with Gasteiger partial charge in [0.25, 0.3) is 0 Å². The van der Waals surface area contributed by atoms with E-state index in [2.05, 4.69) is 5.16 Å². The van der Waals surface area contributed by atoms with E-state index in [1.807, 2.05) is 6.92 Å². The molecule has 1 aliphatic rings. The van der Waals surface area contributed by atoms with E-state index in [1.54, 1.807) is 12.1 Å². The molecule has 0 amide bonds. The maximum absolute atomic E-state index is 12.6. The standard InChI is InChI=1S/C11H12FNO/c1-7(13-14)10-6-11(10)8-2-4-9(12)5-3-8/h2-5,10-11,14H,6H2,1H3/t10-,11+/m1/s1. The molecule has 0 radical (unpaired) electrons. The molecule has 0 spiro atoms. The molecular formula is C11H12FNO. The first-order valence-electron chi connectivity index (χ1n) is 4.66. The van der Waals surface area contributed by atoms with Crippen molar-refractivity contribution in [2.24, 2.45) is 11.1 Å². The van der Waals surface area contributed by atoms with Crippen LogP contribution in [0.25, 0.3) is 0 Å². The minimum atomic E-state index is -0.210. The van der Waals surface area contributed by atoms with Crippen LogP contribution < -0.4 is 0 Å². The lowest BCUT2D eigenvalue weighted by atomic mass is 10.1. The summed E-state index contributed by atoms with van der Waals surface area (Å²) in [5, 5.41) is 11.8. The summed E-state index contributed by atoms with van der Waals surface area (Å²) in [6.45, 7) is 1.81. The van der Waals surface area contributed by atoms with E-state index in [0.29, 0.717) is 11.8 Å². The van der Waals surface area contributed by atoms with Crippen molar-refractivity contribution < 1.29 is 9.60 Å². The van der Waals surface area contributed by atoms with Gasteiger partial charge >= 0.3 is 0 Å². The second kappa shape index (κ2) is 3.40. The Morgan fingerprint density at radius 2 is 2.07 bits per heavy atom. The van der Waals surface area contributed by atoms with Crippen LogP contribution in [-0.4, -0.2) is 10.9 Å². The van der Waals surface area contributed by atoms with Crippen LogP contribution in [0.15, 0.2) is 29.4 Å². The van der Waals surface area contributed by atoms with E-state index >= 15 is 0 Å². The van der Waals surface area contributed by atoms with Gasteiger partial charge in [-0.05, 0) is 37.0 Å². The fraction of sp³-hybridized carbons (Fsp3) is 0.364. The highest BCUT2D eigenvalue weighted by Crippen LogP contribution is 2.48. The highest BCUT2D eigenvalue weighted by atomic mass is 19.1. The molecule has 1 aromatic carbocycles. The molecule has 1 aromatic rings. The summed E-state index contributed by atoms with van der Waals surface area (Å²) in [6, 6.07) is 6.53. The van der Waals surface area contributed by atoms with E-state index in [0.717, 1.165) is 17.7 Å². The van der Waals surface area contributed by atoms with E-state index in [9.17, 15) is 4.39 Å². The van der Waals surface area contributed by atoms with Crippen molar-refractivity contribution >= 4 is 5.71 Å². The number of nitrogens with zero attached hydrogens (tertiary/aromatic N) is 1. The maximum Gasteiger partial charge on any atom is 0.123 e. The van der Waals surface area contributed by atoms with Gasteiger partial charge in [-0.3, -0.25) is 0 Å². The molecule has 1 N–H and O–H groups in total. The van der Waals surface area contributed by atoms with E-state index in [-0.39, 0.29) is 5.82 Å². The zero-order valence-corrected chi connectivity index (χ0v) is 7.94. The first-order chi connectivity index (χ1) is 6.72. The fourth-order valence-corrected chi connectivity index (χ4v) is 1.81. The smallest absolute Gasteiger partial charge is 0.123 e. The zero-order chi connectivity index (χ0) is 10.1. The van der Waals surface area contributed by atoms with Gasteiger partial charge in [0.2, 0.25) is 0 Å². The third kappa shape index (κ3) is 1.62. The number of rotatable bonds is 2. The largest absolute Gasteiger partial charge is 0.411 e. The first-order valence-corrected chi connectivity index (χ1v) is 4.66. The van der Waals surface area contributed by atoms with Crippen LogP contribution in [0.2, 0.25) is 0 Å². The molecule has 0 aliphatic heterocycles. The quantitative estimate of drug-likeness (QED) is 0.437. The molecule has 1 fully saturated rings. The van der Waals surface area contributed by atoms with Crippen LogP contribution in [0, 0.1) is 11.7 Å². The van der Waals surface area contributed by atoms with Crippen LogP contribution in [0.1, 0.15) is 24.8 Å². The average molecular weight is 193 g/mol. The van der Waals surface area contributed by atoms with Crippen molar-refractivity contribution in [1.29, 1.82) is 0 Å². The molecule has 2 nitrogen and oxygen atoms in total. The molecule has 0 aromatic heterocycles. The molecule has 0 saturated heterocycles. The Kier molecular flexibility index (Phi) is 2.23. The van der Waals surface area contributed by atoms with Gasteiger partial charge in [0.05, 0.1) is 5.71 Å². The summed E-state index contributed by atoms with van der Waals surface area (Å²) >= 11 is 0. The number of hydrogen-bond donors (Lipinski definition) is 1. The number of halogens is 1. The summed E-state index contributed by atoms with van der Waals surface area (Å²) in [7, 11) is 0. The second-order valence-electron chi connectivity index (χ2n) is 3.74. The Balaban J connectivity index is 2.10. The summed E-state index contributed by atoms with van der Waals surface area (Å²) in [6.07, 6.45) is 1.00. The fourth-order valence-electron chi connectivity index (χ4n) is 1.81. The Morgan fingerprint density at radius 1 is 1.43 bits per heavy atom. The highest BCUT2D eigenvalue weighted by Gasteiger charge is 2.40. The Hall–Kier alpha value is -1.38. The number of benzene rings is 1. The highest BCUT2D eigenvalue weighted by molar-refractivity contribution is 5.87. The zero-order valence-electron chi connectivity index (χ0n) is 7.94. The maximum atomic E-state index is 12.6. The van der Waals surface area contributed by atoms with Crippen molar-refractivity contribution in [2.45, 2.75) is 19.3 Å². The second-order valence-corrected chi connectivity index (χ2v) is 3.74. The van der Waals surface area contributed by atoms with Gasteiger partial charge < -0.3 is 5.21 Å². The molecule has 1 saturated carbocycles. The molecule has 2 rings (SSSR count). The van der Waals surface area contributed by atoms with Gasteiger partial charge in [0.15, 0.2) is 0 Å². The Labute approximate surface area is 82.1 Å². The van der Waals surface area contributed by atoms with Crippen LogP contribution in [0.5, 0.6) is 0 Å². The predicted molar refractivity (Wildman–Crippen MR) is 52.1 cm³/mol. The number of oxime groups is 1. The van der Waals surface area contributed by atoms with Crippen molar-refractivity contribution in [1.82, 2.24) is 0 Å². The van der Waals surface area contributed by atoms with E-state index in [1.165, 1.54) is 12.1 Å². The van der Waals surface area contributed by atoms with Crippen LogP contribution >= 0.6 is 0 Å². The molecular weight excluding hydrogens is 181 g/mol. The van der Waals surface area contributed by atoms with Crippen LogP contribution in [0.3, 0.4) is 0 Å². The van der Waals surface area contributed by atoms with E-state index < -0.39 is 0 Å². The molecule has 3 heteroatoms. The molecule has 0 heterocycles. The summed E-state index contributed by atoms with van der Waals surface area (Å²) in [4.78, 5) is 0. The average Bonchev–Trinajstić information content (AvgIpc) is 2.98. The normalized spacial score (nSPS) is 26.3. The van der Waals surface area contributed by atoms with Crippen molar-refractivity contribution in [2.75, 3.05) is 0 Å². The van der Waals surface area contributed by atoms with Gasteiger partial charge in [-0.2, -0.15) is 0 Å². The van der Waals surface area contributed by atoms with Gasteiger partial charge in [-0.15, -0.1) is 0 Å². The third-order valence-corrected chi connectivity index (χ3v) is 2.78. The Morgan fingerprint density at radius 3 is 2.64 bits per heavy atom. The lowest BCUT2D eigenvalue weighted by molar-refractivity contribution is 0.316. The van der Waals surface area contributed by atoms with Crippen LogP contribution in [-0.2, 0) is 0 Å². The summed E-state index contributed by atoms with van der Waals surface area (Å²) in [5.41, 5.74) is 1.89. The molecule has 1 aliphatic carbocycles. The lowest BCUT2D eigenvalue weighted by Crippen LogP contribution is -1.96. The molecule has 14 heavy (non-hydrogen) atoms. The monoisotopic (exact) mass is 193 g/mol. The molecule has 74 valence electrons. The van der Waals surface area contributed by atoms with Crippen molar-refractivity contribution in [3.05, 3.63) is 35.6 Å². The van der Waals surface area contributed by atoms with Gasteiger partial charge in [-0.25, -0.2) is 4.39 Å². The minimum Gasteiger partial charge on any atom is -0.411 e.